The van der Waals surface area contributed by atoms with Crippen LogP contribution in [0, 0.1) is 5.92 Å². The van der Waals surface area contributed by atoms with Crippen molar-refractivity contribution in [2.75, 3.05) is 19.7 Å². The third-order valence-corrected chi connectivity index (χ3v) is 4.01. The highest BCUT2D eigenvalue weighted by Crippen LogP contribution is 2.19. The summed E-state index contributed by atoms with van der Waals surface area (Å²) in [6.45, 7) is 7.42. The van der Waals surface area contributed by atoms with Crippen LogP contribution in [0.1, 0.15) is 36.7 Å². The Bertz CT molecular complexity index is 348. The number of aromatic nitrogens is 2. The molecule has 0 spiro atoms. The predicted molar refractivity (Wildman–Crippen MR) is 74.0 cm³/mol. The zero-order valence-corrected chi connectivity index (χ0v) is 12.1. The highest BCUT2D eigenvalue weighted by Gasteiger charge is 2.18. The van der Waals surface area contributed by atoms with Crippen LogP contribution in [0.3, 0.4) is 0 Å². The lowest BCUT2D eigenvalue weighted by molar-refractivity contribution is 0.111. The largest absolute Gasteiger partial charge is 0.378 e. The van der Waals surface area contributed by atoms with Gasteiger partial charge < -0.3 is 10.1 Å². The quantitative estimate of drug-likeness (QED) is 0.770. The van der Waals surface area contributed by atoms with Crippen molar-refractivity contribution in [1.29, 1.82) is 0 Å². The van der Waals surface area contributed by atoms with E-state index in [1.165, 1.54) is 12.8 Å². The normalized spacial score (nSPS) is 19.8. The van der Waals surface area contributed by atoms with Crippen LogP contribution >= 0.6 is 11.3 Å². The van der Waals surface area contributed by atoms with Gasteiger partial charge in [-0.1, -0.05) is 13.8 Å². The first-order chi connectivity index (χ1) is 8.74. The van der Waals surface area contributed by atoms with Crippen molar-refractivity contribution in [2.45, 2.75) is 45.6 Å². The molecule has 2 heterocycles. The van der Waals surface area contributed by atoms with Crippen LogP contribution < -0.4 is 5.32 Å². The number of ether oxygens (including phenoxy) is 1. The van der Waals surface area contributed by atoms with Crippen LogP contribution in [0.25, 0.3) is 0 Å². The van der Waals surface area contributed by atoms with E-state index in [2.05, 4.69) is 29.4 Å². The molecule has 0 radical (unpaired) electrons. The van der Waals surface area contributed by atoms with E-state index in [9.17, 15) is 0 Å². The van der Waals surface area contributed by atoms with Gasteiger partial charge in [0.15, 0.2) is 0 Å². The Balaban J connectivity index is 1.68. The molecular weight excluding hydrogens is 246 g/mol. The van der Waals surface area contributed by atoms with Gasteiger partial charge in [-0.15, -0.1) is 21.5 Å². The summed E-state index contributed by atoms with van der Waals surface area (Å²) in [6.07, 6.45) is 4.66. The fraction of sp³-hybridized carbons (Fsp3) is 0.846. The molecule has 1 aliphatic heterocycles. The minimum Gasteiger partial charge on any atom is -0.378 e. The van der Waals surface area contributed by atoms with Gasteiger partial charge in [0.05, 0.1) is 6.10 Å². The zero-order chi connectivity index (χ0) is 12.8. The minimum absolute atomic E-state index is 0.380. The van der Waals surface area contributed by atoms with Crippen LogP contribution in [0.2, 0.25) is 0 Å². The Labute approximate surface area is 113 Å². The average molecular weight is 269 g/mol. The Hall–Kier alpha value is -0.520. The molecule has 1 atom stereocenters. The van der Waals surface area contributed by atoms with Crippen molar-refractivity contribution in [3.63, 3.8) is 0 Å². The monoisotopic (exact) mass is 269 g/mol. The molecule has 0 saturated carbocycles. The molecule has 1 aromatic heterocycles. The maximum Gasteiger partial charge on any atom is 0.120 e. The summed E-state index contributed by atoms with van der Waals surface area (Å²) in [6, 6.07) is 0. The van der Waals surface area contributed by atoms with Gasteiger partial charge in [-0.3, -0.25) is 0 Å². The Morgan fingerprint density at radius 1 is 1.39 bits per heavy atom. The van der Waals surface area contributed by atoms with Gasteiger partial charge in [-0.2, -0.15) is 0 Å². The number of nitrogens with one attached hydrogen (secondary N) is 1. The molecule has 1 aromatic rings. The summed E-state index contributed by atoms with van der Waals surface area (Å²) >= 11 is 1.74. The fourth-order valence-electron chi connectivity index (χ4n) is 2.06. The highest BCUT2D eigenvalue weighted by molar-refractivity contribution is 7.11. The predicted octanol–water partition coefficient (Wildman–Crippen LogP) is 2.05. The molecule has 0 bridgehead atoms. The van der Waals surface area contributed by atoms with E-state index in [0.717, 1.165) is 42.6 Å². The molecule has 0 aromatic carbocycles. The summed E-state index contributed by atoms with van der Waals surface area (Å²) in [7, 11) is 0. The van der Waals surface area contributed by atoms with E-state index < -0.39 is 0 Å². The number of hydrogen-bond acceptors (Lipinski definition) is 5. The summed E-state index contributed by atoms with van der Waals surface area (Å²) < 4.78 is 5.62. The maximum atomic E-state index is 5.62. The van der Waals surface area contributed by atoms with Crippen molar-refractivity contribution in [3.05, 3.63) is 10.0 Å². The van der Waals surface area contributed by atoms with E-state index >= 15 is 0 Å². The second-order valence-corrected chi connectivity index (χ2v) is 6.42. The summed E-state index contributed by atoms with van der Waals surface area (Å²) in [5.41, 5.74) is 0. The molecule has 18 heavy (non-hydrogen) atoms. The second kappa shape index (κ2) is 7.16. The lowest BCUT2D eigenvalue weighted by Crippen LogP contribution is -2.22. The Morgan fingerprint density at radius 2 is 2.22 bits per heavy atom. The van der Waals surface area contributed by atoms with Crippen LogP contribution in [0.5, 0.6) is 0 Å². The number of hydrogen-bond donors (Lipinski definition) is 1. The number of nitrogens with zero attached hydrogens (tertiary/aromatic N) is 2. The van der Waals surface area contributed by atoms with Crippen molar-refractivity contribution >= 4 is 11.3 Å². The molecular formula is C13H23N3OS. The van der Waals surface area contributed by atoms with E-state index in [1.54, 1.807) is 11.3 Å². The van der Waals surface area contributed by atoms with Gasteiger partial charge in [0.1, 0.15) is 10.0 Å². The van der Waals surface area contributed by atoms with Gasteiger partial charge in [-0.25, -0.2) is 0 Å². The van der Waals surface area contributed by atoms with E-state index in [4.69, 9.17) is 4.74 Å². The topological polar surface area (TPSA) is 47.0 Å². The summed E-state index contributed by atoms with van der Waals surface area (Å²) in [4.78, 5) is 0. The molecule has 1 aliphatic rings. The standard InChI is InChI=1S/C13H23N3OS/c1-10(2)9-14-6-5-12-15-16-13(18-12)8-11-4-3-7-17-11/h10-11,14H,3-9H2,1-2H3. The van der Waals surface area contributed by atoms with E-state index in [0.29, 0.717) is 12.0 Å². The van der Waals surface area contributed by atoms with Gasteiger partial charge in [0, 0.05) is 26.0 Å². The second-order valence-electron chi connectivity index (χ2n) is 5.28. The summed E-state index contributed by atoms with van der Waals surface area (Å²) in [5.74, 6) is 0.703. The van der Waals surface area contributed by atoms with Gasteiger partial charge >= 0.3 is 0 Å². The third-order valence-electron chi connectivity index (χ3n) is 3.00. The van der Waals surface area contributed by atoms with Gasteiger partial charge in [0.25, 0.3) is 0 Å². The fourth-order valence-corrected chi connectivity index (χ4v) is 2.97. The molecule has 2 rings (SSSR count). The Kier molecular flexibility index (Phi) is 5.53. The smallest absolute Gasteiger partial charge is 0.120 e. The molecule has 4 nitrogen and oxygen atoms in total. The van der Waals surface area contributed by atoms with Crippen LogP contribution in [0.15, 0.2) is 0 Å². The van der Waals surface area contributed by atoms with E-state index in [1.807, 2.05) is 0 Å². The van der Waals surface area contributed by atoms with Crippen LogP contribution in [-0.4, -0.2) is 36.0 Å². The van der Waals surface area contributed by atoms with Crippen molar-refractivity contribution in [2.24, 2.45) is 5.92 Å². The van der Waals surface area contributed by atoms with Gasteiger partial charge in [0.2, 0.25) is 0 Å². The molecule has 1 saturated heterocycles. The van der Waals surface area contributed by atoms with Crippen LogP contribution in [-0.2, 0) is 17.6 Å². The lowest BCUT2D eigenvalue weighted by Gasteiger charge is -2.05. The highest BCUT2D eigenvalue weighted by atomic mass is 32.1. The van der Waals surface area contributed by atoms with Crippen molar-refractivity contribution in [3.8, 4) is 0 Å². The lowest BCUT2D eigenvalue weighted by atomic mass is 10.2. The first-order valence-corrected chi connectivity index (χ1v) is 7.69. The molecule has 1 fully saturated rings. The summed E-state index contributed by atoms with van der Waals surface area (Å²) in [5, 5.41) is 14.2. The molecule has 102 valence electrons. The average Bonchev–Trinajstić information content (AvgIpc) is 2.97. The van der Waals surface area contributed by atoms with E-state index in [-0.39, 0.29) is 0 Å². The van der Waals surface area contributed by atoms with Crippen LogP contribution in [0.4, 0.5) is 0 Å². The first kappa shape index (κ1) is 13.9. The molecule has 0 aliphatic carbocycles. The SMILES string of the molecule is CC(C)CNCCc1nnc(CC2CCCO2)s1. The maximum absolute atomic E-state index is 5.62. The number of rotatable bonds is 7. The van der Waals surface area contributed by atoms with Crippen molar-refractivity contribution in [1.82, 2.24) is 15.5 Å². The van der Waals surface area contributed by atoms with Crippen molar-refractivity contribution < 1.29 is 4.74 Å². The molecule has 5 heteroatoms. The molecule has 1 unspecified atom stereocenters. The minimum atomic E-state index is 0.380. The van der Waals surface area contributed by atoms with Gasteiger partial charge in [-0.05, 0) is 25.3 Å². The first-order valence-electron chi connectivity index (χ1n) is 6.87. The third kappa shape index (κ3) is 4.63. The molecule has 0 amide bonds. The molecule has 1 N–H and O–H groups in total. The zero-order valence-electron chi connectivity index (χ0n) is 11.3. The Morgan fingerprint density at radius 3 is 2.94 bits per heavy atom.